The number of carbonyl (C=O) groups excluding carboxylic acids is 1. The van der Waals surface area contributed by atoms with Crippen molar-refractivity contribution in [3.63, 3.8) is 0 Å². The van der Waals surface area contributed by atoms with Crippen LogP contribution in [0, 0.1) is 12.7 Å². The van der Waals surface area contributed by atoms with E-state index >= 15 is 0 Å². The van der Waals surface area contributed by atoms with Gasteiger partial charge in [-0.05, 0) is 42.8 Å². The van der Waals surface area contributed by atoms with Gasteiger partial charge < -0.3 is 5.32 Å². The molecule has 4 rings (SSSR count). The Bertz CT molecular complexity index is 1030. The van der Waals surface area contributed by atoms with Crippen LogP contribution in [0.15, 0.2) is 48.5 Å². The fourth-order valence-electron chi connectivity index (χ4n) is 3.01. The number of rotatable bonds is 3. The molecule has 1 atom stereocenters. The highest BCUT2D eigenvalue weighted by Gasteiger charge is 2.28. The zero-order valence-corrected chi connectivity index (χ0v) is 14.8. The van der Waals surface area contributed by atoms with Crippen molar-refractivity contribution in [2.75, 3.05) is 5.32 Å². The first kappa shape index (κ1) is 16.7. The van der Waals surface area contributed by atoms with Gasteiger partial charge in [0, 0.05) is 21.9 Å². The van der Waals surface area contributed by atoms with E-state index in [2.05, 4.69) is 10.4 Å². The summed E-state index contributed by atoms with van der Waals surface area (Å²) in [6.45, 7) is 1.96. The number of hydrogen-bond donors (Lipinski definition) is 1. The Hall–Kier alpha value is -2.80. The van der Waals surface area contributed by atoms with Crippen molar-refractivity contribution in [1.29, 1.82) is 0 Å². The van der Waals surface area contributed by atoms with Gasteiger partial charge in [0.15, 0.2) is 0 Å². The van der Waals surface area contributed by atoms with Crippen molar-refractivity contribution >= 4 is 22.5 Å². The zero-order chi connectivity index (χ0) is 18.3. The summed E-state index contributed by atoms with van der Waals surface area (Å²) in [6, 6.07) is 13.1. The lowest BCUT2D eigenvalue weighted by Gasteiger charge is -2.13. The number of benzene rings is 2. The van der Waals surface area contributed by atoms with Crippen LogP contribution in [-0.2, 0) is 22.3 Å². The highest BCUT2D eigenvalue weighted by atomic mass is 32.2. The second-order valence-corrected chi connectivity index (χ2v) is 7.62. The molecule has 0 spiro atoms. The molecule has 1 aliphatic rings. The molecule has 0 bridgehead atoms. The highest BCUT2D eigenvalue weighted by Crippen LogP contribution is 2.32. The minimum absolute atomic E-state index is 0.344. The Morgan fingerprint density at radius 3 is 2.62 bits per heavy atom. The van der Waals surface area contributed by atoms with Gasteiger partial charge in [-0.1, -0.05) is 18.2 Å². The molecule has 2 aromatic carbocycles. The molecule has 7 heteroatoms. The molecule has 1 aliphatic heterocycles. The maximum Gasteiger partial charge on any atom is 0.256 e. The summed E-state index contributed by atoms with van der Waals surface area (Å²) in [5.74, 6) is 0.505. The largest absolute Gasteiger partial charge is 0.306 e. The van der Waals surface area contributed by atoms with Gasteiger partial charge in [0.1, 0.15) is 11.6 Å². The smallest absolute Gasteiger partial charge is 0.256 e. The van der Waals surface area contributed by atoms with Crippen LogP contribution in [0.25, 0.3) is 5.69 Å². The van der Waals surface area contributed by atoms with E-state index in [0.29, 0.717) is 22.9 Å². The van der Waals surface area contributed by atoms with Crippen LogP contribution in [-0.4, -0.2) is 19.9 Å². The monoisotopic (exact) mass is 369 g/mol. The standard InChI is InChI=1S/C19H16FN3O2S/c1-12-4-2-3-5-17(12)23-18(15-10-26(25)11-16(15)22-23)21-19(24)13-6-8-14(20)9-7-13/h2-9H,10-11H2,1H3,(H,21,24). The molecule has 1 N–H and O–H groups in total. The van der Waals surface area contributed by atoms with Crippen molar-refractivity contribution in [2.24, 2.45) is 0 Å². The summed E-state index contributed by atoms with van der Waals surface area (Å²) in [5.41, 5.74) is 3.73. The summed E-state index contributed by atoms with van der Waals surface area (Å²) in [5, 5.41) is 7.46. The van der Waals surface area contributed by atoms with Gasteiger partial charge >= 0.3 is 0 Å². The number of para-hydroxylation sites is 1. The number of halogens is 1. The molecule has 0 aliphatic carbocycles. The van der Waals surface area contributed by atoms with Gasteiger partial charge in [-0.15, -0.1) is 0 Å². The zero-order valence-electron chi connectivity index (χ0n) is 14.0. The summed E-state index contributed by atoms with van der Waals surface area (Å²) in [4.78, 5) is 12.6. The predicted octanol–water partition coefficient (Wildman–Crippen LogP) is 3.33. The van der Waals surface area contributed by atoms with Crippen molar-refractivity contribution < 1.29 is 13.4 Å². The lowest BCUT2D eigenvalue weighted by atomic mass is 10.2. The Kier molecular flexibility index (Phi) is 4.16. The van der Waals surface area contributed by atoms with Crippen LogP contribution in [0.4, 0.5) is 10.2 Å². The van der Waals surface area contributed by atoms with E-state index in [1.165, 1.54) is 24.3 Å². The SMILES string of the molecule is Cc1ccccc1-n1nc2c(c1NC(=O)c1ccc(F)cc1)CS(=O)C2. The van der Waals surface area contributed by atoms with E-state index in [-0.39, 0.29) is 5.91 Å². The van der Waals surface area contributed by atoms with E-state index in [9.17, 15) is 13.4 Å². The summed E-state index contributed by atoms with van der Waals surface area (Å²) >= 11 is 0. The topological polar surface area (TPSA) is 64.0 Å². The van der Waals surface area contributed by atoms with Crippen molar-refractivity contribution in [3.8, 4) is 5.69 Å². The highest BCUT2D eigenvalue weighted by molar-refractivity contribution is 7.83. The van der Waals surface area contributed by atoms with Gasteiger partial charge in [-0.2, -0.15) is 5.10 Å². The van der Waals surface area contributed by atoms with Gasteiger partial charge in [0.05, 0.1) is 22.9 Å². The molecule has 1 amide bonds. The maximum atomic E-state index is 13.1. The van der Waals surface area contributed by atoms with Crippen LogP contribution in [0.2, 0.25) is 0 Å². The molecular formula is C19H16FN3O2S. The van der Waals surface area contributed by atoms with Crippen LogP contribution in [0.5, 0.6) is 0 Å². The molecule has 0 saturated heterocycles. The van der Waals surface area contributed by atoms with Gasteiger partial charge in [-0.25, -0.2) is 9.07 Å². The van der Waals surface area contributed by atoms with E-state index in [0.717, 1.165) is 22.5 Å². The first-order valence-corrected chi connectivity index (χ1v) is 9.60. The minimum atomic E-state index is -1.01. The van der Waals surface area contributed by atoms with E-state index < -0.39 is 16.6 Å². The number of amides is 1. The van der Waals surface area contributed by atoms with Gasteiger partial charge in [0.25, 0.3) is 5.91 Å². The fourth-order valence-corrected chi connectivity index (χ4v) is 4.28. The Morgan fingerprint density at radius 1 is 1.15 bits per heavy atom. The van der Waals surface area contributed by atoms with Crippen molar-refractivity contribution in [3.05, 3.63) is 76.7 Å². The summed E-state index contributed by atoms with van der Waals surface area (Å²) in [6.07, 6.45) is 0. The lowest BCUT2D eigenvalue weighted by Crippen LogP contribution is -2.17. The number of anilines is 1. The summed E-state index contributed by atoms with van der Waals surface area (Å²) in [7, 11) is -1.01. The molecule has 0 fully saturated rings. The molecule has 132 valence electrons. The number of hydrogen-bond acceptors (Lipinski definition) is 3. The normalized spacial score (nSPS) is 15.7. The van der Waals surface area contributed by atoms with Crippen LogP contribution in [0.1, 0.15) is 27.2 Å². The predicted molar refractivity (Wildman–Crippen MR) is 98.2 cm³/mol. The maximum absolute atomic E-state index is 13.1. The minimum Gasteiger partial charge on any atom is -0.306 e. The first-order chi connectivity index (χ1) is 12.5. The van der Waals surface area contributed by atoms with Crippen molar-refractivity contribution in [2.45, 2.75) is 18.4 Å². The van der Waals surface area contributed by atoms with Crippen LogP contribution in [0.3, 0.4) is 0 Å². The Morgan fingerprint density at radius 2 is 1.88 bits per heavy atom. The molecule has 3 aromatic rings. The second kappa shape index (κ2) is 6.49. The molecular weight excluding hydrogens is 353 g/mol. The van der Waals surface area contributed by atoms with E-state index in [1.807, 2.05) is 31.2 Å². The Labute approximate surface area is 152 Å². The second-order valence-electron chi connectivity index (χ2n) is 6.16. The third kappa shape index (κ3) is 2.94. The van der Waals surface area contributed by atoms with Crippen molar-refractivity contribution in [1.82, 2.24) is 9.78 Å². The molecule has 26 heavy (non-hydrogen) atoms. The van der Waals surface area contributed by atoms with Gasteiger partial charge in [-0.3, -0.25) is 9.00 Å². The molecule has 0 radical (unpaired) electrons. The Balaban J connectivity index is 1.77. The summed E-state index contributed by atoms with van der Waals surface area (Å²) < 4.78 is 26.7. The number of carbonyl (C=O) groups is 1. The van der Waals surface area contributed by atoms with E-state index in [4.69, 9.17) is 0 Å². The number of aromatic nitrogens is 2. The molecule has 0 saturated carbocycles. The number of nitrogens with one attached hydrogen (secondary N) is 1. The average Bonchev–Trinajstić information content (AvgIpc) is 3.13. The molecule has 5 nitrogen and oxygen atoms in total. The van der Waals surface area contributed by atoms with E-state index in [1.54, 1.807) is 4.68 Å². The third-order valence-corrected chi connectivity index (χ3v) is 5.56. The number of fused-ring (bicyclic) bond motifs is 1. The van der Waals surface area contributed by atoms with Gasteiger partial charge in [0.2, 0.25) is 0 Å². The number of nitrogens with zero attached hydrogens (tertiary/aromatic N) is 2. The van der Waals surface area contributed by atoms with Crippen LogP contribution < -0.4 is 5.32 Å². The third-order valence-electron chi connectivity index (χ3n) is 4.35. The van der Waals surface area contributed by atoms with Crippen LogP contribution >= 0.6 is 0 Å². The molecule has 1 unspecified atom stereocenters. The quantitative estimate of drug-likeness (QED) is 0.770. The molecule has 2 heterocycles. The fraction of sp³-hybridized carbons (Fsp3) is 0.158. The first-order valence-electron chi connectivity index (χ1n) is 8.11. The average molecular weight is 369 g/mol. The molecule has 1 aromatic heterocycles. The number of aryl methyl sites for hydroxylation is 1. The lowest BCUT2D eigenvalue weighted by molar-refractivity contribution is 0.102.